The van der Waals surface area contributed by atoms with Gasteiger partial charge in [-0.25, -0.2) is 0 Å². The molecule has 0 spiro atoms. The van der Waals surface area contributed by atoms with Crippen molar-refractivity contribution in [3.05, 3.63) is 39.9 Å². The monoisotopic (exact) mass is 292 g/mol. The number of carbonyl (C=O) groups is 1. The van der Waals surface area contributed by atoms with Crippen molar-refractivity contribution in [3.63, 3.8) is 0 Å². The smallest absolute Gasteiger partial charge is 0.269 e. The Labute approximate surface area is 123 Å². The van der Waals surface area contributed by atoms with Crippen LogP contribution in [0, 0.1) is 10.1 Å². The minimum atomic E-state index is -0.425. The van der Waals surface area contributed by atoms with Crippen LogP contribution in [-0.4, -0.2) is 60.4 Å². The third-order valence-electron chi connectivity index (χ3n) is 3.54. The third-order valence-corrected chi connectivity index (χ3v) is 3.54. The van der Waals surface area contributed by atoms with Gasteiger partial charge in [-0.1, -0.05) is 12.1 Å². The molecular weight excluding hydrogens is 272 g/mol. The quantitative estimate of drug-likeness (QED) is 0.630. The molecular formula is C14H20N4O3. The van der Waals surface area contributed by atoms with E-state index in [-0.39, 0.29) is 11.6 Å². The second-order valence-corrected chi connectivity index (χ2v) is 5.20. The maximum atomic E-state index is 12.2. The Morgan fingerprint density at radius 1 is 1.43 bits per heavy atom. The van der Waals surface area contributed by atoms with Crippen LogP contribution >= 0.6 is 0 Å². The maximum Gasteiger partial charge on any atom is 0.269 e. The van der Waals surface area contributed by atoms with Crippen molar-refractivity contribution in [3.8, 4) is 0 Å². The molecule has 1 saturated heterocycles. The van der Waals surface area contributed by atoms with Gasteiger partial charge < -0.3 is 10.2 Å². The molecule has 1 aromatic rings. The van der Waals surface area contributed by atoms with Gasteiger partial charge in [-0.3, -0.25) is 19.8 Å². The van der Waals surface area contributed by atoms with Gasteiger partial charge in [0.05, 0.1) is 11.5 Å². The van der Waals surface area contributed by atoms with Crippen molar-refractivity contribution in [2.45, 2.75) is 6.54 Å². The molecule has 1 aliphatic rings. The summed E-state index contributed by atoms with van der Waals surface area (Å²) in [4.78, 5) is 26.2. The van der Waals surface area contributed by atoms with Crippen LogP contribution in [0.15, 0.2) is 24.3 Å². The number of rotatable bonds is 5. The fourth-order valence-corrected chi connectivity index (χ4v) is 2.31. The van der Waals surface area contributed by atoms with E-state index in [0.29, 0.717) is 13.1 Å². The number of hydrogen-bond donors (Lipinski definition) is 1. The number of likely N-dealkylation sites (N-methyl/N-ethyl adjacent to an activating group) is 1. The number of carbonyl (C=O) groups excluding carboxylic acids is 1. The first-order valence-corrected chi connectivity index (χ1v) is 6.96. The molecule has 0 radical (unpaired) electrons. The summed E-state index contributed by atoms with van der Waals surface area (Å²) in [5.41, 5.74) is 0.816. The first-order valence-electron chi connectivity index (χ1n) is 6.96. The number of amides is 1. The largest absolute Gasteiger partial charge is 0.340 e. The van der Waals surface area contributed by atoms with E-state index in [0.717, 1.165) is 31.7 Å². The molecule has 7 heteroatoms. The van der Waals surface area contributed by atoms with Crippen molar-refractivity contribution in [1.82, 2.24) is 15.1 Å². The van der Waals surface area contributed by atoms with E-state index in [9.17, 15) is 14.9 Å². The average molecular weight is 292 g/mol. The summed E-state index contributed by atoms with van der Waals surface area (Å²) in [6.45, 7) is 4.33. The SMILES string of the molecule is CN(Cc1cccc([N+](=O)[O-])c1)C(=O)CN1CCNCC1. The van der Waals surface area contributed by atoms with Gasteiger partial charge in [-0.2, -0.15) is 0 Å². The number of hydrogen-bond acceptors (Lipinski definition) is 5. The summed E-state index contributed by atoms with van der Waals surface area (Å²) in [6.07, 6.45) is 0. The Kier molecular flexibility index (Phi) is 5.24. The molecule has 0 unspecified atom stereocenters. The van der Waals surface area contributed by atoms with Gasteiger partial charge in [0.15, 0.2) is 0 Å². The zero-order chi connectivity index (χ0) is 15.2. The second kappa shape index (κ2) is 7.14. The molecule has 1 N–H and O–H groups in total. The summed E-state index contributed by atoms with van der Waals surface area (Å²) in [5, 5.41) is 14.0. The molecule has 1 fully saturated rings. The number of benzene rings is 1. The van der Waals surface area contributed by atoms with Crippen LogP contribution in [0.5, 0.6) is 0 Å². The zero-order valence-electron chi connectivity index (χ0n) is 12.1. The van der Waals surface area contributed by atoms with E-state index in [1.54, 1.807) is 24.1 Å². The fourth-order valence-electron chi connectivity index (χ4n) is 2.31. The summed E-state index contributed by atoms with van der Waals surface area (Å²) < 4.78 is 0. The van der Waals surface area contributed by atoms with E-state index < -0.39 is 4.92 Å². The van der Waals surface area contributed by atoms with Crippen molar-refractivity contribution < 1.29 is 9.72 Å². The highest BCUT2D eigenvalue weighted by Gasteiger charge is 2.17. The van der Waals surface area contributed by atoms with Crippen LogP contribution in [0.3, 0.4) is 0 Å². The number of piperazine rings is 1. The van der Waals surface area contributed by atoms with Gasteiger partial charge in [-0.05, 0) is 5.56 Å². The molecule has 7 nitrogen and oxygen atoms in total. The van der Waals surface area contributed by atoms with Gasteiger partial charge in [0.1, 0.15) is 0 Å². The van der Waals surface area contributed by atoms with Crippen LogP contribution in [0.1, 0.15) is 5.56 Å². The predicted octanol–water partition coefficient (Wildman–Crippen LogP) is 0.458. The van der Waals surface area contributed by atoms with Crippen molar-refractivity contribution >= 4 is 11.6 Å². The van der Waals surface area contributed by atoms with E-state index in [1.165, 1.54) is 12.1 Å². The number of nitrogens with one attached hydrogen (secondary N) is 1. The first kappa shape index (κ1) is 15.4. The lowest BCUT2D eigenvalue weighted by Gasteiger charge is -2.28. The van der Waals surface area contributed by atoms with Crippen molar-refractivity contribution in [2.24, 2.45) is 0 Å². The third kappa shape index (κ3) is 4.51. The number of nitro benzene ring substituents is 1. The number of non-ortho nitro benzene ring substituents is 1. The van der Waals surface area contributed by atoms with Crippen LogP contribution in [0.4, 0.5) is 5.69 Å². The molecule has 1 amide bonds. The molecule has 1 heterocycles. The van der Waals surface area contributed by atoms with E-state index >= 15 is 0 Å². The molecule has 1 aromatic carbocycles. The Hall–Kier alpha value is -1.99. The lowest BCUT2D eigenvalue weighted by molar-refractivity contribution is -0.384. The molecule has 0 aliphatic carbocycles. The zero-order valence-corrected chi connectivity index (χ0v) is 12.1. The lowest BCUT2D eigenvalue weighted by Crippen LogP contribution is -2.47. The highest BCUT2D eigenvalue weighted by molar-refractivity contribution is 5.78. The highest BCUT2D eigenvalue weighted by Crippen LogP contribution is 2.14. The Morgan fingerprint density at radius 3 is 2.81 bits per heavy atom. The molecule has 0 saturated carbocycles. The van der Waals surface area contributed by atoms with Gasteiger partial charge in [0.25, 0.3) is 5.69 Å². The van der Waals surface area contributed by atoms with Crippen molar-refractivity contribution in [2.75, 3.05) is 39.8 Å². The molecule has 114 valence electrons. The van der Waals surface area contributed by atoms with E-state index in [1.807, 2.05) is 0 Å². The van der Waals surface area contributed by atoms with Crippen LogP contribution in [0.2, 0.25) is 0 Å². The molecule has 0 aromatic heterocycles. The minimum Gasteiger partial charge on any atom is -0.340 e. The average Bonchev–Trinajstić information content (AvgIpc) is 2.48. The number of nitro groups is 1. The summed E-state index contributed by atoms with van der Waals surface area (Å²) in [7, 11) is 1.73. The second-order valence-electron chi connectivity index (χ2n) is 5.20. The molecule has 1 aliphatic heterocycles. The van der Waals surface area contributed by atoms with Crippen LogP contribution in [-0.2, 0) is 11.3 Å². The Balaban J connectivity index is 1.90. The van der Waals surface area contributed by atoms with E-state index in [2.05, 4.69) is 10.2 Å². The fraction of sp³-hybridized carbons (Fsp3) is 0.500. The van der Waals surface area contributed by atoms with E-state index in [4.69, 9.17) is 0 Å². The summed E-state index contributed by atoms with van der Waals surface area (Å²) >= 11 is 0. The Bertz CT molecular complexity index is 515. The Morgan fingerprint density at radius 2 is 2.14 bits per heavy atom. The molecule has 0 atom stereocenters. The number of nitrogens with zero attached hydrogens (tertiary/aromatic N) is 3. The summed E-state index contributed by atoms with van der Waals surface area (Å²) in [6, 6.07) is 6.39. The lowest BCUT2D eigenvalue weighted by atomic mass is 10.2. The molecule has 0 bridgehead atoms. The molecule has 21 heavy (non-hydrogen) atoms. The van der Waals surface area contributed by atoms with Gasteiger partial charge in [0.2, 0.25) is 5.91 Å². The minimum absolute atomic E-state index is 0.0309. The van der Waals surface area contributed by atoms with Gasteiger partial charge in [-0.15, -0.1) is 0 Å². The summed E-state index contributed by atoms with van der Waals surface area (Å²) in [5.74, 6) is 0.0309. The first-order chi connectivity index (χ1) is 10.1. The maximum absolute atomic E-state index is 12.2. The topological polar surface area (TPSA) is 78.7 Å². The van der Waals surface area contributed by atoms with Crippen LogP contribution in [0.25, 0.3) is 0 Å². The van der Waals surface area contributed by atoms with Crippen molar-refractivity contribution in [1.29, 1.82) is 0 Å². The van der Waals surface area contributed by atoms with Gasteiger partial charge in [0, 0.05) is 51.9 Å². The van der Waals surface area contributed by atoms with Crippen LogP contribution < -0.4 is 5.32 Å². The standard InChI is InChI=1S/C14H20N4O3/c1-16(14(19)11-17-7-5-15-6-8-17)10-12-3-2-4-13(9-12)18(20)21/h2-4,9,15H,5-8,10-11H2,1H3. The highest BCUT2D eigenvalue weighted by atomic mass is 16.6. The normalized spacial score (nSPS) is 15.7. The van der Waals surface area contributed by atoms with Gasteiger partial charge >= 0.3 is 0 Å². The predicted molar refractivity (Wildman–Crippen MR) is 78.9 cm³/mol. The molecule has 2 rings (SSSR count).